The van der Waals surface area contributed by atoms with Gasteiger partial charge in [0.2, 0.25) is 0 Å². The molecule has 0 bridgehead atoms. The number of nitrogens with zero attached hydrogens (tertiary/aromatic N) is 2. The van der Waals surface area contributed by atoms with Gasteiger partial charge in [-0.2, -0.15) is 0 Å². The third-order valence-corrected chi connectivity index (χ3v) is 4.62. The summed E-state index contributed by atoms with van der Waals surface area (Å²) in [5.41, 5.74) is 1.29. The maximum atomic E-state index is 13.0. The minimum absolute atomic E-state index is 0.0331. The number of hydrogen-bond acceptors (Lipinski definition) is 5. The van der Waals surface area contributed by atoms with Crippen LogP contribution in [0.3, 0.4) is 0 Å². The van der Waals surface area contributed by atoms with Crippen molar-refractivity contribution in [3.8, 4) is 11.5 Å². The molecular formula is C18H15FN2O3S. The molecule has 1 N–H and O–H groups in total. The van der Waals surface area contributed by atoms with E-state index in [1.54, 1.807) is 37.4 Å². The van der Waals surface area contributed by atoms with Crippen LogP contribution in [-0.2, 0) is 4.79 Å². The summed E-state index contributed by atoms with van der Waals surface area (Å²) in [7, 11) is 3.10. The van der Waals surface area contributed by atoms with Crippen molar-refractivity contribution in [2.75, 3.05) is 14.2 Å². The molecule has 0 spiro atoms. The monoisotopic (exact) mass is 358 g/mol. The first-order valence-electron chi connectivity index (χ1n) is 7.37. The molecule has 1 amide bonds. The highest BCUT2D eigenvalue weighted by Crippen LogP contribution is 2.34. The average Bonchev–Trinajstić information content (AvgIpc) is 2.86. The van der Waals surface area contributed by atoms with Crippen molar-refractivity contribution in [3.05, 3.63) is 58.8 Å². The van der Waals surface area contributed by atoms with Crippen LogP contribution in [0, 0.1) is 5.82 Å². The SMILES string of the molecule is COc1cc(/C=C2/SC(=Nc3ccc(F)cc3)N(C)C2=O)ccc1O. The van der Waals surface area contributed by atoms with Gasteiger partial charge in [0.25, 0.3) is 5.91 Å². The maximum absolute atomic E-state index is 13.0. The molecule has 128 valence electrons. The fraction of sp³-hybridized carbons (Fsp3) is 0.111. The Hall–Kier alpha value is -2.80. The van der Waals surface area contributed by atoms with Crippen LogP contribution in [0.5, 0.6) is 11.5 Å². The fourth-order valence-corrected chi connectivity index (χ4v) is 3.20. The molecule has 1 aliphatic heterocycles. The normalized spacial score (nSPS) is 17.6. The van der Waals surface area contributed by atoms with Gasteiger partial charge in [0.15, 0.2) is 16.7 Å². The van der Waals surface area contributed by atoms with E-state index >= 15 is 0 Å². The topological polar surface area (TPSA) is 62.1 Å². The number of likely N-dealkylation sites (N-methyl/N-ethyl adjacent to an activating group) is 1. The van der Waals surface area contributed by atoms with E-state index in [0.29, 0.717) is 21.5 Å². The Morgan fingerprint density at radius 2 is 1.96 bits per heavy atom. The van der Waals surface area contributed by atoms with E-state index < -0.39 is 0 Å². The van der Waals surface area contributed by atoms with Crippen LogP contribution in [0.4, 0.5) is 10.1 Å². The van der Waals surface area contributed by atoms with Crippen molar-refractivity contribution in [3.63, 3.8) is 0 Å². The van der Waals surface area contributed by atoms with Gasteiger partial charge in [-0.15, -0.1) is 0 Å². The molecule has 0 saturated carbocycles. The van der Waals surface area contributed by atoms with Crippen molar-refractivity contribution >= 4 is 34.6 Å². The second-order valence-electron chi connectivity index (χ2n) is 5.28. The molecule has 1 aliphatic rings. The molecular weight excluding hydrogens is 343 g/mol. The van der Waals surface area contributed by atoms with Crippen LogP contribution in [0.15, 0.2) is 52.4 Å². The first-order chi connectivity index (χ1) is 12.0. The number of amidine groups is 1. The van der Waals surface area contributed by atoms with Crippen molar-refractivity contribution in [2.45, 2.75) is 0 Å². The predicted octanol–water partition coefficient (Wildman–Crippen LogP) is 3.77. The van der Waals surface area contributed by atoms with E-state index in [1.165, 1.54) is 42.0 Å². The third-order valence-electron chi connectivity index (χ3n) is 3.56. The third kappa shape index (κ3) is 3.66. The average molecular weight is 358 g/mol. The zero-order valence-corrected chi connectivity index (χ0v) is 14.4. The number of benzene rings is 2. The van der Waals surface area contributed by atoms with E-state index in [4.69, 9.17) is 4.74 Å². The Bertz CT molecular complexity index is 878. The van der Waals surface area contributed by atoms with E-state index in [-0.39, 0.29) is 17.5 Å². The number of phenolic OH excluding ortho intramolecular Hbond substituents is 1. The number of phenols is 1. The fourth-order valence-electron chi connectivity index (χ4n) is 2.21. The Morgan fingerprint density at radius 1 is 1.24 bits per heavy atom. The number of ether oxygens (including phenoxy) is 1. The quantitative estimate of drug-likeness (QED) is 0.849. The molecule has 1 fully saturated rings. The molecule has 7 heteroatoms. The lowest BCUT2D eigenvalue weighted by atomic mass is 10.2. The molecule has 0 atom stereocenters. The molecule has 1 saturated heterocycles. The van der Waals surface area contributed by atoms with Gasteiger partial charge < -0.3 is 9.84 Å². The molecule has 5 nitrogen and oxygen atoms in total. The first-order valence-corrected chi connectivity index (χ1v) is 8.18. The van der Waals surface area contributed by atoms with Crippen LogP contribution >= 0.6 is 11.8 Å². The summed E-state index contributed by atoms with van der Waals surface area (Å²) >= 11 is 1.23. The van der Waals surface area contributed by atoms with Gasteiger partial charge in [-0.1, -0.05) is 6.07 Å². The number of carbonyl (C=O) groups excluding carboxylic acids is 1. The van der Waals surface area contributed by atoms with Crippen molar-refractivity contribution in [1.82, 2.24) is 4.90 Å². The lowest BCUT2D eigenvalue weighted by Gasteiger charge is -2.07. The van der Waals surface area contributed by atoms with Gasteiger partial charge in [-0.3, -0.25) is 9.69 Å². The summed E-state index contributed by atoms with van der Waals surface area (Å²) in [5, 5.41) is 10.2. The molecule has 3 rings (SSSR count). The van der Waals surface area contributed by atoms with Crippen molar-refractivity contribution in [1.29, 1.82) is 0 Å². The maximum Gasteiger partial charge on any atom is 0.266 e. The second kappa shape index (κ2) is 6.98. The summed E-state index contributed by atoms with van der Waals surface area (Å²) in [4.78, 5) is 18.7. The number of methoxy groups -OCH3 is 1. The molecule has 0 aromatic heterocycles. The molecule has 1 heterocycles. The molecule has 2 aromatic rings. The Labute approximate surface area is 148 Å². The summed E-state index contributed by atoms with van der Waals surface area (Å²) in [6.07, 6.45) is 1.71. The Kier molecular flexibility index (Phi) is 4.76. The van der Waals surface area contributed by atoms with Gasteiger partial charge in [-0.05, 0) is 59.8 Å². The largest absolute Gasteiger partial charge is 0.504 e. The lowest BCUT2D eigenvalue weighted by Crippen LogP contribution is -2.23. The van der Waals surface area contributed by atoms with Crippen molar-refractivity contribution < 1.29 is 19.0 Å². The Morgan fingerprint density at radius 3 is 2.64 bits per heavy atom. The van der Waals surface area contributed by atoms with E-state index in [1.807, 2.05) is 0 Å². The number of halogens is 1. The number of thioether (sulfide) groups is 1. The van der Waals surface area contributed by atoms with E-state index in [0.717, 1.165) is 5.56 Å². The van der Waals surface area contributed by atoms with Gasteiger partial charge in [-0.25, -0.2) is 9.38 Å². The smallest absolute Gasteiger partial charge is 0.266 e. The minimum Gasteiger partial charge on any atom is -0.504 e. The van der Waals surface area contributed by atoms with Gasteiger partial charge in [0.1, 0.15) is 5.82 Å². The first kappa shape index (κ1) is 17.0. The lowest BCUT2D eigenvalue weighted by molar-refractivity contribution is -0.121. The number of amides is 1. The second-order valence-corrected chi connectivity index (χ2v) is 6.29. The molecule has 0 aliphatic carbocycles. The molecule has 2 aromatic carbocycles. The number of carbonyl (C=O) groups is 1. The Balaban J connectivity index is 1.89. The standard InChI is InChI=1S/C18H15FN2O3S/c1-21-17(23)16(10-11-3-8-14(22)15(9-11)24-2)25-18(21)20-13-6-4-12(19)5-7-13/h3-10,22H,1-2H3/b16-10+,20-18?. The van der Waals surface area contributed by atoms with Gasteiger partial charge in [0.05, 0.1) is 17.7 Å². The summed E-state index contributed by atoms with van der Waals surface area (Å²) in [5.74, 6) is -0.156. The highest BCUT2D eigenvalue weighted by molar-refractivity contribution is 8.18. The molecule has 25 heavy (non-hydrogen) atoms. The zero-order valence-electron chi connectivity index (χ0n) is 13.6. The van der Waals surface area contributed by atoms with Crippen LogP contribution in [0.2, 0.25) is 0 Å². The minimum atomic E-state index is -0.339. The molecule has 0 radical (unpaired) electrons. The van der Waals surface area contributed by atoms with Crippen LogP contribution < -0.4 is 4.74 Å². The zero-order chi connectivity index (χ0) is 18.0. The number of rotatable bonds is 3. The van der Waals surface area contributed by atoms with Crippen LogP contribution in [0.25, 0.3) is 6.08 Å². The van der Waals surface area contributed by atoms with Crippen LogP contribution in [0.1, 0.15) is 5.56 Å². The predicted molar refractivity (Wildman–Crippen MR) is 96.5 cm³/mol. The number of aliphatic imine (C=N–C) groups is 1. The number of hydrogen-bond donors (Lipinski definition) is 1. The van der Waals surface area contributed by atoms with Crippen LogP contribution in [-0.4, -0.2) is 35.2 Å². The number of aromatic hydroxyl groups is 1. The summed E-state index contributed by atoms with van der Waals surface area (Å²) < 4.78 is 18.1. The van der Waals surface area contributed by atoms with Gasteiger partial charge >= 0.3 is 0 Å². The summed E-state index contributed by atoms with van der Waals surface area (Å²) in [6, 6.07) is 10.6. The van der Waals surface area contributed by atoms with Crippen molar-refractivity contribution in [2.24, 2.45) is 4.99 Å². The summed E-state index contributed by atoms with van der Waals surface area (Å²) in [6.45, 7) is 0. The van der Waals surface area contributed by atoms with E-state index in [9.17, 15) is 14.3 Å². The highest BCUT2D eigenvalue weighted by Gasteiger charge is 2.30. The molecule has 0 unspecified atom stereocenters. The van der Waals surface area contributed by atoms with Gasteiger partial charge in [0, 0.05) is 7.05 Å². The highest BCUT2D eigenvalue weighted by atomic mass is 32.2. The van der Waals surface area contributed by atoms with E-state index in [2.05, 4.69) is 4.99 Å².